The minimum absolute atomic E-state index is 0.107. The highest BCUT2D eigenvalue weighted by molar-refractivity contribution is 6.39. The quantitative estimate of drug-likeness (QED) is 0.270. The molecule has 1 aliphatic rings. The van der Waals surface area contributed by atoms with Crippen LogP contribution in [0.4, 0.5) is 16.2 Å². The van der Waals surface area contributed by atoms with Crippen molar-refractivity contribution in [1.29, 1.82) is 0 Å². The fraction of sp³-hybridized carbons (Fsp3) is 0.0455. The number of rotatable bonds is 4. The molecule has 4 rings (SSSR count). The Morgan fingerprint density at radius 2 is 1.78 bits per heavy atom. The van der Waals surface area contributed by atoms with Gasteiger partial charge >= 0.3 is 6.03 Å². The van der Waals surface area contributed by atoms with Crippen molar-refractivity contribution in [3.63, 3.8) is 0 Å². The number of carbonyl (C=O) groups is 3. The van der Waals surface area contributed by atoms with Crippen LogP contribution in [0, 0.1) is 17.0 Å². The van der Waals surface area contributed by atoms with Gasteiger partial charge in [0.25, 0.3) is 17.5 Å². The van der Waals surface area contributed by atoms with Crippen LogP contribution >= 0.6 is 11.6 Å². The van der Waals surface area contributed by atoms with Crippen molar-refractivity contribution in [3.05, 3.63) is 86.6 Å². The summed E-state index contributed by atoms with van der Waals surface area (Å²) in [6, 6.07) is 12.8. The van der Waals surface area contributed by atoms with E-state index in [-0.39, 0.29) is 27.8 Å². The maximum absolute atomic E-state index is 12.9. The van der Waals surface area contributed by atoms with Crippen molar-refractivity contribution in [3.8, 4) is 11.3 Å². The number of urea groups is 1. The normalized spacial score (nSPS) is 15.2. The van der Waals surface area contributed by atoms with E-state index in [1.54, 1.807) is 30.3 Å². The molecule has 0 saturated carbocycles. The van der Waals surface area contributed by atoms with Crippen LogP contribution in [-0.2, 0) is 9.59 Å². The molecular formula is C22H14ClN3O6. The number of hydrogen-bond donors (Lipinski definition) is 1. The van der Waals surface area contributed by atoms with Gasteiger partial charge in [0.2, 0.25) is 0 Å². The first-order chi connectivity index (χ1) is 15.2. The fourth-order valence-corrected chi connectivity index (χ4v) is 3.39. The highest BCUT2D eigenvalue weighted by Crippen LogP contribution is 2.33. The molecule has 160 valence electrons. The van der Waals surface area contributed by atoms with E-state index in [4.69, 9.17) is 16.0 Å². The molecule has 1 aliphatic heterocycles. The summed E-state index contributed by atoms with van der Waals surface area (Å²) in [5, 5.41) is 13.1. The van der Waals surface area contributed by atoms with Gasteiger partial charge in [-0.05, 0) is 43.3 Å². The number of nitrogens with zero attached hydrogens (tertiary/aromatic N) is 2. The first-order valence-corrected chi connectivity index (χ1v) is 9.64. The predicted molar refractivity (Wildman–Crippen MR) is 116 cm³/mol. The molecule has 1 aromatic heterocycles. The molecule has 0 radical (unpaired) electrons. The van der Waals surface area contributed by atoms with Gasteiger partial charge in [0.05, 0.1) is 15.6 Å². The van der Waals surface area contributed by atoms with Gasteiger partial charge in [-0.1, -0.05) is 29.3 Å². The molecular weight excluding hydrogens is 438 g/mol. The lowest BCUT2D eigenvalue weighted by atomic mass is 10.1. The Bertz CT molecular complexity index is 1310. The number of non-ortho nitro benzene ring substituents is 1. The van der Waals surface area contributed by atoms with E-state index in [1.807, 2.05) is 6.92 Å². The summed E-state index contributed by atoms with van der Waals surface area (Å²) in [6.45, 7) is 1.86. The number of benzene rings is 2. The number of amides is 4. The minimum atomic E-state index is -0.852. The standard InChI is InChI=1S/C22H14ClN3O6/c1-12-2-4-13(5-3-12)25-21(28)17(20(27)24-22(25)29)11-15-7-9-19(32-15)16-8-6-14(26(30)31)10-18(16)23/h2-11H,1H3,(H,24,27,29)/b17-11+. The molecule has 3 aromatic rings. The van der Waals surface area contributed by atoms with Crippen LogP contribution < -0.4 is 10.2 Å². The molecule has 9 nitrogen and oxygen atoms in total. The highest BCUT2D eigenvalue weighted by atomic mass is 35.5. The number of carbonyl (C=O) groups excluding carboxylic acids is 3. The van der Waals surface area contributed by atoms with Crippen molar-refractivity contribution in [1.82, 2.24) is 5.32 Å². The predicted octanol–water partition coefficient (Wildman–Crippen LogP) is 4.48. The van der Waals surface area contributed by atoms with E-state index in [1.165, 1.54) is 30.3 Å². The number of barbiturate groups is 1. The van der Waals surface area contributed by atoms with E-state index in [2.05, 4.69) is 5.32 Å². The third-order valence-corrected chi connectivity index (χ3v) is 5.05. The fourth-order valence-electron chi connectivity index (χ4n) is 3.12. The summed E-state index contributed by atoms with van der Waals surface area (Å²) in [7, 11) is 0. The maximum Gasteiger partial charge on any atom is 0.335 e. The number of nitrogens with one attached hydrogen (secondary N) is 1. The van der Waals surface area contributed by atoms with Gasteiger partial charge in [0.15, 0.2) is 0 Å². The molecule has 10 heteroatoms. The average Bonchev–Trinajstić information content (AvgIpc) is 3.20. The van der Waals surface area contributed by atoms with Crippen LogP contribution in [-0.4, -0.2) is 22.8 Å². The van der Waals surface area contributed by atoms with Gasteiger partial charge in [0, 0.05) is 17.7 Å². The van der Waals surface area contributed by atoms with Crippen LogP contribution in [0.2, 0.25) is 5.02 Å². The van der Waals surface area contributed by atoms with E-state index >= 15 is 0 Å². The number of hydrogen-bond acceptors (Lipinski definition) is 6. The molecule has 2 heterocycles. The third kappa shape index (κ3) is 3.88. The van der Waals surface area contributed by atoms with Crippen molar-refractivity contribution >= 4 is 46.9 Å². The molecule has 1 N–H and O–H groups in total. The Morgan fingerprint density at radius 3 is 2.44 bits per heavy atom. The Labute approximate surface area is 186 Å². The van der Waals surface area contributed by atoms with Crippen molar-refractivity contribution in [2.75, 3.05) is 4.90 Å². The second-order valence-electron chi connectivity index (χ2n) is 6.92. The Kier molecular flexibility index (Phi) is 5.33. The molecule has 0 atom stereocenters. The lowest BCUT2D eigenvalue weighted by molar-refractivity contribution is -0.384. The zero-order chi connectivity index (χ0) is 23.0. The number of halogens is 1. The van der Waals surface area contributed by atoms with Crippen LogP contribution in [0.15, 0.2) is 64.6 Å². The molecule has 0 bridgehead atoms. The highest BCUT2D eigenvalue weighted by Gasteiger charge is 2.37. The maximum atomic E-state index is 12.9. The van der Waals surface area contributed by atoms with E-state index in [9.17, 15) is 24.5 Å². The van der Waals surface area contributed by atoms with Crippen molar-refractivity contribution in [2.24, 2.45) is 0 Å². The summed E-state index contributed by atoms with van der Waals surface area (Å²) in [4.78, 5) is 48.7. The largest absolute Gasteiger partial charge is 0.457 e. The smallest absolute Gasteiger partial charge is 0.335 e. The number of imide groups is 2. The molecule has 1 saturated heterocycles. The molecule has 0 spiro atoms. The molecule has 0 aliphatic carbocycles. The van der Waals surface area contributed by atoms with Gasteiger partial charge in [-0.2, -0.15) is 0 Å². The summed E-state index contributed by atoms with van der Waals surface area (Å²) in [6.07, 6.45) is 1.22. The second kappa shape index (κ2) is 8.12. The van der Waals surface area contributed by atoms with Crippen LogP contribution in [0.25, 0.3) is 17.4 Å². The number of furan rings is 1. The SMILES string of the molecule is Cc1ccc(N2C(=O)NC(=O)/C(=C\c3ccc(-c4ccc([N+](=O)[O-])cc4Cl)o3)C2=O)cc1. The Balaban J connectivity index is 1.66. The topological polar surface area (TPSA) is 123 Å². The Hall–Kier alpha value is -4.24. The minimum Gasteiger partial charge on any atom is -0.457 e. The first-order valence-electron chi connectivity index (χ1n) is 9.27. The number of nitro groups is 1. The van der Waals surface area contributed by atoms with E-state index in [0.717, 1.165) is 10.5 Å². The monoisotopic (exact) mass is 451 g/mol. The van der Waals surface area contributed by atoms with Crippen LogP contribution in [0.5, 0.6) is 0 Å². The molecule has 4 amide bonds. The Morgan fingerprint density at radius 1 is 1.06 bits per heavy atom. The van der Waals surface area contributed by atoms with Gasteiger partial charge in [-0.25, -0.2) is 9.69 Å². The number of anilines is 1. The third-order valence-electron chi connectivity index (χ3n) is 4.74. The molecule has 1 fully saturated rings. The van der Waals surface area contributed by atoms with Crippen molar-refractivity contribution in [2.45, 2.75) is 6.92 Å². The van der Waals surface area contributed by atoms with Crippen molar-refractivity contribution < 1.29 is 23.7 Å². The summed E-state index contributed by atoms with van der Waals surface area (Å²) in [5.74, 6) is -1.21. The second-order valence-corrected chi connectivity index (χ2v) is 7.32. The summed E-state index contributed by atoms with van der Waals surface area (Å²) >= 11 is 6.13. The molecule has 32 heavy (non-hydrogen) atoms. The van der Waals surface area contributed by atoms with Crippen LogP contribution in [0.1, 0.15) is 11.3 Å². The van der Waals surface area contributed by atoms with Crippen LogP contribution in [0.3, 0.4) is 0 Å². The number of nitro benzene ring substituents is 1. The number of aryl methyl sites for hydroxylation is 1. The summed E-state index contributed by atoms with van der Waals surface area (Å²) in [5.41, 5.74) is 1.20. The van der Waals surface area contributed by atoms with E-state index in [0.29, 0.717) is 11.3 Å². The van der Waals surface area contributed by atoms with Gasteiger partial charge in [0.1, 0.15) is 17.1 Å². The van der Waals surface area contributed by atoms with Gasteiger partial charge < -0.3 is 4.42 Å². The van der Waals surface area contributed by atoms with Gasteiger partial charge in [-0.3, -0.25) is 25.0 Å². The average molecular weight is 452 g/mol. The van der Waals surface area contributed by atoms with Gasteiger partial charge in [-0.15, -0.1) is 0 Å². The molecule has 2 aromatic carbocycles. The first kappa shape index (κ1) is 21.0. The zero-order valence-corrected chi connectivity index (χ0v) is 17.3. The summed E-state index contributed by atoms with van der Waals surface area (Å²) < 4.78 is 5.67. The zero-order valence-electron chi connectivity index (χ0n) is 16.5. The lowest BCUT2D eigenvalue weighted by Crippen LogP contribution is -2.54. The molecule has 0 unspecified atom stereocenters. The van der Waals surface area contributed by atoms with E-state index < -0.39 is 22.8 Å². The lowest BCUT2D eigenvalue weighted by Gasteiger charge is -2.26.